The zero-order chi connectivity index (χ0) is 47.9. The minimum Gasteiger partial charge on any atom is -0.394 e. The molecule has 0 bridgehead atoms. The van der Waals surface area contributed by atoms with E-state index in [1.165, 1.54) is 225 Å². The molecular formula is C61H113NO4. The first-order chi connectivity index (χ1) is 32.6. The van der Waals surface area contributed by atoms with E-state index in [1.54, 1.807) is 6.08 Å². The van der Waals surface area contributed by atoms with E-state index in [9.17, 15) is 20.1 Å². The van der Waals surface area contributed by atoms with E-state index in [0.29, 0.717) is 6.42 Å². The van der Waals surface area contributed by atoms with Crippen molar-refractivity contribution < 1.29 is 20.1 Å². The summed E-state index contributed by atoms with van der Waals surface area (Å²) in [5, 5.41) is 33.3. The Morgan fingerprint density at radius 1 is 0.379 bits per heavy atom. The molecule has 0 aromatic rings. The molecule has 5 nitrogen and oxygen atoms in total. The molecule has 386 valence electrons. The fourth-order valence-electron chi connectivity index (χ4n) is 8.78. The van der Waals surface area contributed by atoms with Crippen molar-refractivity contribution >= 4 is 5.91 Å². The van der Waals surface area contributed by atoms with Crippen LogP contribution in [0.15, 0.2) is 60.8 Å². The Hall–Kier alpha value is -1.95. The summed E-state index contributed by atoms with van der Waals surface area (Å²) in [6, 6.07) is -0.823. The lowest BCUT2D eigenvalue weighted by atomic mass is 10.0. The largest absolute Gasteiger partial charge is 0.394 e. The quantitative estimate of drug-likeness (QED) is 0.0361. The van der Waals surface area contributed by atoms with Crippen molar-refractivity contribution in [3.63, 3.8) is 0 Å². The lowest BCUT2D eigenvalue weighted by molar-refractivity contribution is -0.131. The summed E-state index contributed by atoms with van der Waals surface area (Å²) in [6.45, 7) is 4.18. The maximum absolute atomic E-state index is 12.5. The van der Waals surface area contributed by atoms with Crippen LogP contribution in [0.3, 0.4) is 0 Å². The molecule has 0 spiro atoms. The zero-order valence-corrected chi connectivity index (χ0v) is 44.1. The molecule has 0 aromatic heterocycles. The number of nitrogens with one attached hydrogen (secondary N) is 1. The number of aliphatic hydroxyl groups excluding tert-OH is 3. The standard InChI is InChI=1S/C61H113NO4/c1-3-5-7-9-11-13-15-17-19-21-23-24-25-26-27-28-29-30-31-32-33-34-35-36-37-38-40-42-44-46-48-50-52-54-56-60(65)61(66)62-58(57-63)59(64)55-53-51-49-47-45-43-41-39-22-20-18-16-14-12-10-8-6-4-2/h22,25-26,28-29,39,45,47,53,55,58-60,63-65H,3-21,23-24,27,30-38,40-44,46,48-52,54,56-57H2,1-2H3,(H,62,66)/b26-25-,29-28-,39-22+,47-45+,55-53+. The number of unbranched alkanes of at least 4 members (excludes halogenated alkanes) is 37. The summed E-state index contributed by atoms with van der Waals surface area (Å²) < 4.78 is 0. The van der Waals surface area contributed by atoms with Gasteiger partial charge >= 0.3 is 0 Å². The number of aliphatic hydroxyl groups is 3. The fourth-order valence-corrected chi connectivity index (χ4v) is 8.78. The summed E-state index contributed by atoms with van der Waals surface area (Å²) in [5.74, 6) is -0.516. The first kappa shape index (κ1) is 64.0. The van der Waals surface area contributed by atoms with Gasteiger partial charge in [0.15, 0.2) is 0 Å². The number of rotatable bonds is 53. The number of hydrogen-bond acceptors (Lipinski definition) is 4. The van der Waals surface area contributed by atoms with Crippen LogP contribution in [0.5, 0.6) is 0 Å². The van der Waals surface area contributed by atoms with Crippen molar-refractivity contribution in [2.75, 3.05) is 6.61 Å². The van der Waals surface area contributed by atoms with Crippen LogP contribution in [0.2, 0.25) is 0 Å². The van der Waals surface area contributed by atoms with Crippen molar-refractivity contribution in [3.8, 4) is 0 Å². The van der Waals surface area contributed by atoms with Gasteiger partial charge in [0.25, 0.3) is 0 Å². The van der Waals surface area contributed by atoms with Gasteiger partial charge in [-0.25, -0.2) is 0 Å². The van der Waals surface area contributed by atoms with E-state index in [2.05, 4.69) is 67.8 Å². The van der Waals surface area contributed by atoms with Crippen LogP contribution in [-0.4, -0.2) is 46.1 Å². The van der Waals surface area contributed by atoms with Gasteiger partial charge in [0, 0.05) is 0 Å². The molecule has 1 amide bonds. The highest BCUT2D eigenvalue weighted by atomic mass is 16.3. The Morgan fingerprint density at radius 2 is 0.667 bits per heavy atom. The molecule has 0 heterocycles. The van der Waals surface area contributed by atoms with E-state index in [0.717, 1.165) is 51.4 Å². The van der Waals surface area contributed by atoms with Crippen LogP contribution in [0.4, 0.5) is 0 Å². The zero-order valence-electron chi connectivity index (χ0n) is 44.1. The second kappa shape index (κ2) is 55.6. The predicted molar refractivity (Wildman–Crippen MR) is 291 cm³/mol. The Labute approximate surface area is 411 Å². The van der Waals surface area contributed by atoms with Gasteiger partial charge in [-0.3, -0.25) is 4.79 Å². The molecule has 0 saturated carbocycles. The molecule has 0 aliphatic heterocycles. The molecule has 3 atom stereocenters. The first-order valence-corrected chi connectivity index (χ1v) is 29.1. The van der Waals surface area contributed by atoms with Crippen LogP contribution in [0.25, 0.3) is 0 Å². The molecular weight excluding hydrogens is 811 g/mol. The average molecular weight is 925 g/mol. The van der Waals surface area contributed by atoms with Crippen molar-refractivity contribution in [3.05, 3.63) is 60.8 Å². The fraction of sp³-hybridized carbons (Fsp3) is 0.820. The van der Waals surface area contributed by atoms with Crippen molar-refractivity contribution in [2.24, 2.45) is 0 Å². The van der Waals surface area contributed by atoms with Crippen molar-refractivity contribution in [2.45, 2.75) is 315 Å². The molecule has 0 rings (SSSR count). The van der Waals surface area contributed by atoms with Crippen molar-refractivity contribution in [1.82, 2.24) is 5.32 Å². The summed E-state index contributed by atoms with van der Waals surface area (Å²) in [4.78, 5) is 12.5. The maximum atomic E-state index is 12.5. The Morgan fingerprint density at radius 3 is 1.02 bits per heavy atom. The third kappa shape index (κ3) is 49.9. The first-order valence-electron chi connectivity index (χ1n) is 29.1. The number of hydrogen-bond donors (Lipinski definition) is 4. The van der Waals surface area contributed by atoms with Gasteiger partial charge in [-0.2, -0.15) is 0 Å². The molecule has 66 heavy (non-hydrogen) atoms. The van der Waals surface area contributed by atoms with Crippen LogP contribution < -0.4 is 5.32 Å². The monoisotopic (exact) mass is 924 g/mol. The van der Waals surface area contributed by atoms with E-state index in [1.807, 2.05) is 6.08 Å². The summed E-state index contributed by atoms with van der Waals surface area (Å²) >= 11 is 0. The lowest BCUT2D eigenvalue weighted by Crippen LogP contribution is -2.48. The topological polar surface area (TPSA) is 89.8 Å². The number of carbonyl (C=O) groups is 1. The highest BCUT2D eigenvalue weighted by Crippen LogP contribution is 2.16. The molecule has 3 unspecified atom stereocenters. The average Bonchev–Trinajstić information content (AvgIpc) is 3.32. The van der Waals surface area contributed by atoms with Gasteiger partial charge in [0.05, 0.1) is 18.8 Å². The van der Waals surface area contributed by atoms with Gasteiger partial charge in [-0.15, -0.1) is 0 Å². The molecule has 0 aliphatic carbocycles. The van der Waals surface area contributed by atoms with Gasteiger partial charge in [0.1, 0.15) is 6.10 Å². The minimum absolute atomic E-state index is 0.382. The Bertz CT molecular complexity index is 1110. The smallest absolute Gasteiger partial charge is 0.249 e. The van der Waals surface area contributed by atoms with Gasteiger partial charge < -0.3 is 20.6 Å². The van der Waals surface area contributed by atoms with Crippen LogP contribution >= 0.6 is 0 Å². The lowest BCUT2D eigenvalue weighted by Gasteiger charge is -2.21. The van der Waals surface area contributed by atoms with Crippen LogP contribution in [-0.2, 0) is 4.79 Å². The van der Waals surface area contributed by atoms with Crippen LogP contribution in [0, 0.1) is 0 Å². The third-order valence-electron chi connectivity index (χ3n) is 13.3. The van der Waals surface area contributed by atoms with Crippen molar-refractivity contribution in [1.29, 1.82) is 0 Å². The van der Waals surface area contributed by atoms with Gasteiger partial charge in [-0.05, 0) is 77.0 Å². The summed E-state index contributed by atoms with van der Waals surface area (Å²) in [5.41, 5.74) is 0. The molecule has 5 heteroatoms. The minimum atomic E-state index is -1.11. The van der Waals surface area contributed by atoms with E-state index in [-0.39, 0.29) is 6.61 Å². The molecule has 0 aromatic carbocycles. The molecule has 0 radical (unpaired) electrons. The molecule has 0 saturated heterocycles. The molecule has 0 fully saturated rings. The summed E-state index contributed by atoms with van der Waals surface area (Å²) in [7, 11) is 0. The van der Waals surface area contributed by atoms with E-state index >= 15 is 0 Å². The SMILES string of the molecule is CCCCCCCCCC/C=C/CC/C=C/CC/C=C/C(O)C(CO)NC(=O)C(O)CCCCCCCCCCCCCCCCCC/C=C\C/C=C\CCCCCCCCCCCCC. The molecule has 0 aliphatic rings. The Kier molecular flexibility index (Phi) is 54.0. The van der Waals surface area contributed by atoms with Gasteiger partial charge in [0.2, 0.25) is 5.91 Å². The third-order valence-corrected chi connectivity index (χ3v) is 13.3. The second-order valence-electron chi connectivity index (χ2n) is 19.8. The van der Waals surface area contributed by atoms with E-state index in [4.69, 9.17) is 0 Å². The van der Waals surface area contributed by atoms with E-state index < -0.39 is 24.2 Å². The number of carbonyl (C=O) groups excluding carboxylic acids is 1. The highest BCUT2D eigenvalue weighted by Gasteiger charge is 2.22. The van der Waals surface area contributed by atoms with Gasteiger partial charge in [-0.1, -0.05) is 280 Å². The maximum Gasteiger partial charge on any atom is 0.249 e. The highest BCUT2D eigenvalue weighted by molar-refractivity contribution is 5.80. The number of allylic oxidation sites excluding steroid dienone is 9. The number of amides is 1. The molecule has 4 N–H and O–H groups in total. The second-order valence-corrected chi connectivity index (χ2v) is 19.8. The van der Waals surface area contributed by atoms with Crippen LogP contribution in [0.1, 0.15) is 296 Å². The summed E-state index contributed by atoms with van der Waals surface area (Å²) in [6.07, 6.45) is 76.0. The normalized spacial score (nSPS) is 13.7. The predicted octanol–water partition coefficient (Wildman–Crippen LogP) is 18.2. The Balaban J connectivity index is 3.58.